The van der Waals surface area contributed by atoms with Crippen molar-refractivity contribution in [3.63, 3.8) is 0 Å². The number of benzene rings is 2. The number of rotatable bonds is 4. The summed E-state index contributed by atoms with van der Waals surface area (Å²) in [5.41, 5.74) is 8.63. The van der Waals surface area contributed by atoms with E-state index in [-0.39, 0.29) is 0 Å². The monoisotopic (exact) mass is 276 g/mol. The van der Waals surface area contributed by atoms with Crippen LogP contribution < -0.4 is 11.1 Å². The smallest absolute Gasteiger partial charge is 0.106 e. The Bertz CT molecular complexity index is 552. The highest BCUT2D eigenvalue weighted by atomic mass is 35.5. The van der Waals surface area contributed by atoms with E-state index in [2.05, 4.69) is 5.32 Å². The Morgan fingerprint density at radius 1 is 1.11 bits per heavy atom. The molecular weight excluding hydrogens is 264 g/mol. The first kappa shape index (κ1) is 12.9. The predicted molar refractivity (Wildman–Crippen MR) is 81.1 cm³/mol. The van der Waals surface area contributed by atoms with Gasteiger partial charge in [0.15, 0.2) is 0 Å². The normalized spacial score (nSPS) is 10.1. The molecule has 0 heterocycles. The third kappa shape index (κ3) is 3.22. The first-order valence-electron chi connectivity index (χ1n) is 5.54. The minimum absolute atomic E-state index is 0.397. The molecule has 0 unspecified atom stereocenters. The van der Waals surface area contributed by atoms with E-state index in [9.17, 15) is 0 Å². The predicted octanol–water partition coefficient (Wildman–Crippen LogP) is 3.59. The van der Waals surface area contributed by atoms with E-state index in [1.165, 1.54) is 0 Å². The fraction of sp³-hybridized carbons (Fsp3) is 0.0714. The molecule has 2 rings (SSSR count). The lowest BCUT2D eigenvalue weighted by Crippen LogP contribution is -2.13. The molecule has 2 aromatic rings. The van der Waals surface area contributed by atoms with Crippen molar-refractivity contribution in [2.45, 2.75) is 6.54 Å². The van der Waals surface area contributed by atoms with Crippen LogP contribution in [0.15, 0.2) is 48.5 Å². The second-order valence-electron chi connectivity index (χ2n) is 3.89. The molecule has 2 nitrogen and oxygen atoms in total. The molecule has 0 saturated heterocycles. The molecule has 0 bridgehead atoms. The Morgan fingerprint density at radius 2 is 1.78 bits per heavy atom. The standard InChI is InChI=1S/C14H13ClN2S/c15-11-7-5-10(6-8-11)9-17-13-4-2-1-3-12(13)14(16)18/h1-8,17H,9H2,(H2,16,18). The number of thiocarbonyl (C=S) groups is 1. The summed E-state index contributed by atoms with van der Waals surface area (Å²) in [6, 6.07) is 15.5. The lowest BCUT2D eigenvalue weighted by molar-refractivity contribution is 1.15. The molecule has 0 aromatic heterocycles. The van der Waals surface area contributed by atoms with E-state index >= 15 is 0 Å². The number of hydrogen-bond acceptors (Lipinski definition) is 2. The Labute approximate surface area is 117 Å². The number of anilines is 1. The number of nitrogens with one attached hydrogen (secondary N) is 1. The van der Waals surface area contributed by atoms with Crippen molar-refractivity contribution in [1.82, 2.24) is 0 Å². The highest BCUT2D eigenvalue weighted by Gasteiger charge is 2.03. The zero-order chi connectivity index (χ0) is 13.0. The molecule has 0 fully saturated rings. The third-order valence-electron chi connectivity index (χ3n) is 2.59. The summed E-state index contributed by atoms with van der Waals surface area (Å²) in [6.07, 6.45) is 0. The average molecular weight is 277 g/mol. The maximum absolute atomic E-state index is 5.84. The van der Waals surface area contributed by atoms with Gasteiger partial charge in [-0.1, -0.05) is 48.1 Å². The number of hydrogen-bond donors (Lipinski definition) is 2. The van der Waals surface area contributed by atoms with Gasteiger partial charge >= 0.3 is 0 Å². The lowest BCUT2D eigenvalue weighted by Gasteiger charge is -2.11. The quantitative estimate of drug-likeness (QED) is 0.838. The van der Waals surface area contributed by atoms with Gasteiger partial charge < -0.3 is 11.1 Å². The van der Waals surface area contributed by atoms with Crippen LogP contribution in [0.5, 0.6) is 0 Å². The fourth-order valence-electron chi connectivity index (χ4n) is 1.65. The van der Waals surface area contributed by atoms with Crippen molar-refractivity contribution in [2.24, 2.45) is 5.73 Å². The molecule has 0 aliphatic carbocycles. The molecular formula is C14H13ClN2S. The molecule has 0 saturated carbocycles. The Balaban J connectivity index is 2.10. The highest BCUT2D eigenvalue weighted by Crippen LogP contribution is 2.16. The highest BCUT2D eigenvalue weighted by molar-refractivity contribution is 7.80. The number of halogens is 1. The second-order valence-corrected chi connectivity index (χ2v) is 4.77. The fourth-order valence-corrected chi connectivity index (χ4v) is 1.96. The van der Waals surface area contributed by atoms with Crippen LogP contribution in [0.4, 0.5) is 5.69 Å². The van der Waals surface area contributed by atoms with Crippen molar-refractivity contribution in [2.75, 3.05) is 5.32 Å². The summed E-state index contributed by atoms with van der Waals surface area (Å²) in [6.45, 7) is 0.705. The number of para-hydroxylation sites is 1. The van der Waals surface area contributed by atoms with Gasteiger partial charge in [0.1, 0.15) is 4.99 Å². The van der Waals surface area contributed by atoms with Gasteiger partial charge in [0.05, 0.1) is 0 Å². The van der Waals surface area contributed by atoms with Crippen molar-refractivity contribution >= 4 is 34.5 Å². The van der Waals surface area contributed by atoms with E-state index in [1.54, 1.807) is 0 Å². The van der Waals surface area contributed by atoms with Crippen LogP contribution >= 0.6 is 23.8 Å². The molecule has 0 atom stereocenters. The SMILES string of the molecule is NC(=S)c1ccccc1NCc1ccc(Cl)cc1. The summed E-state index contributed by atoms with van der Waals surface area (Å²) in [5.74, 6) is 0. The molecule has 0 spiro atoms. The Morgan fingerprint density at radius 3 is 2.44 bits per heavy atom. The molecule has 0 amide bonds. The van der Waals surface area contributed by atoms with Gasteiger partial charge in [0.25, 0.3) is 0 Å². The van der Waals surface area contributed by atoms with Gasteiger partial charge in [0, 0.05) is 22.8 Å². The van der Waals surface area contributed by atoms with Gasteiger partial charge in [-0.05, 0) is 29.8 Å². The molecule has 18 heavy (non-hydrogen) atoms. The Hall–Kier alpha value is -1.58. The molecule has 0 aliphatic rings. The summed E-state index contributed by atoms with van der Waals surface area (Å²) in [5, 5.41) is 4.06. The summed E-state index contributed by atoms with van der Waals surface area (Å²) < 4.78 is 0. The van der Waals surface area contributed by atoms with Crippen LogP contribution in [-0.2, 0) is 6.54 Å². The molecule has 2 aromatic carbocycles. The summed E-state index contributed by atoms with van der Waals surface area (Å²) in [7, 11) is 0. The minimum atomic E-state index is 0.397. The molecule has 4 heteroatoms. The molecule has 3 N–H and O–H groups in total. The molecule has 92 valence electrons. The van der Waals surface area contributed by atoms with Gasteiger partial charge in [-0.15, -0.1) is 0 Å². The lowest BCUT2D eigenvalue weighted by atomic mass is 10.1. The van der Waals surface area contributed by atoms with E-state index in [4.69, 9.17) is 29.6 Å². The zero-order valence-electron chi connectivity index (χ0n) is 9.69. The van der Waals surface area contributed by atoms with Gasteiger partial charge in [-0.25, -0.2) is 0 Å². The van der Waals surface area contributed by atoms with E-state index in [0.717, 1.165) is 21.8 Å². The first-order valence-corrected chi connectivity index (χ1v) is 6.32. The average Bonchev–Trinajstić information content (AvgIpc) is 2.38. The van der Waals surface area contributed by atoms with Crippen LogP contribution in [0.1, 0.15) is 11.1 Å². The van der Waals surface area contributed by atoms with Crippen molar-refractivity contribution in [3.8, 4) is 0 Å². The maximum Gasteiger partial charge on any atom is 0.106 e. The van der Waals surface area contributed by atoms with Gasteiger partial charge in [0.2, 0.25) is 0 Å². The van der Waals surface area contributed by atoms with Crippen LogP contribution in [-0.4, -0.2) is 4.99 Å². The van der Waals surface area contributed by atoms with E-state index < -0.39 is 0 Å². The summed E-state index contributed by atoms with van der Waals surface area (Å²) >= 11 is 10.9. The first-order chi connectivity index (χ1) is 8.66. The number of nitrogens with two attached hydrogens (primary N) is 1. The van der Waals surface area contributed by atoms with E-state index in [0.29, 0.717) is 11.5 Å². The molecule has 0 radical (unpaired) electrons. The van der Waals surface area contributed by atoms with E-state index in [1.807, 2.05) is 48.5 Å². The maximum atomic E-state index is 5.84. The third-order valence-corrected chi connectivity index (χ3v) is 3.06. The minimum Gasteiger partial charge on any atom is -0.389 e. The van der Waals surface area contributed by atoms with Gasteiger partial charge in [-0.2, -0.15) is 0 Å². The van der Waals surface area contributed by atoms with Crippen molar-refractivity contribution in [3.05, 3.63) is 64.7 Å². The van der Waals surface area contributed by atoms with Crippen LogP contribution in [0, 0.1) is 0 Å². The van der Waals surface area contributed by atoms with Crippen molar-refractivity contribution in [1.29, 1.82) is 0 Å². The Kier molecular flexibility index (Phi) is 4.18. The summed E-state index contributed by atoms with van der Waals surface area (Å²) in [4.78, 5) is 0.397. The topological polar surface area (TPSA) is 38.0 Å². The second kappa shape index (κ2) is 5.85. The largest absolute Gasteiger partial charge is 0.389 e. The van der Waals surface area contributed by atoms with Crippen LogP contribution in [0.3, 0.4) is 0 Å². The van der Waals surface area contributed by atoms with Crippen LogP contribution in [0.25, 0.3) is 0 Å². The van der Waals surface area contributed by atoms with Crippen molar-refractivity contribution < 1.29 is 0 Å². The van der Waals surface area contributed by atoms with Gasteiger partial charge in [-0.3, -0.25) is 0 Å². The zero-order valence-corrected chi connectivity index (χ0v) is 11.3. The molecule has 0 aliphatic heterocycles. The van der Waals surface area contributed by atoms with Crippen LogP contribution in [0.2, 0.25) is 5.02 Å².